The van der Waals surface area contributed by atoms with E-state index >= 15 is 0 Å². The number of benzene rings is 2. The van der Waals surface area contributed by atoms with Gasteiger partial charge in [0.05, 0.1) is 11.0 Å². The molecule has 0 saturated carbocycles. The van der Waals surface area contributed by atoms with Gasteiger partial charge in [0.1, 0.15) is 5.82 Å². The number of nitrogens with one attached hydrogen (secondary N) is 2. The van der Waals surface area contributed by atoms with E-state index in [4.69, 9.17) is 5.73 Å². The molecule has 0 aliphatic carbocycles. The minimum Gasteiger partial charge on any atom is -0.399 e. The van der Waals surface area contributed by atoms with Crippen molar-refractivity contribution in [2.45, 2.75) is 13.8 Å². The zero-order valence-corrected chi connectivity index (χ0v) is 11.9. The van der Waals surface area contributed by atoms with Crippen LogP contribution >= 0.6 is 0 Å². The number of anilines is 2. The largest absolute Gasteiger partial charge is 0.399 e. The van der Waals surface area contributed by atoms with Crippen molar-refractivity contribution in [1.82, 2.24) is 9.97 Å². The van der Waals surface area contributed by atoms with Crippen molar-refractivity contribution in [2.75, 3.05) is 11.1 Å². The molecule has 3 rings (SSSR count). The first-order valence-corrected chi connectivity index (χ1v) is 6.67. The van der Waals surface area contributed by atoms with Crippen molar-refractivity contribution < 1.29 is 4.79 Å². The molecule has 1 aromatic heterocycles. The molecule has 0 saturated heterocycles. The molecule has 0 bridgehead atoms. The Kier molecular flexibility index (Phi) is 3.10. The zero-order valence-electron chi connectivity index (χ0n) is 11.9. The molecule has 1 amide bonds. The first kappa shape index (κ1) is 13.2. The number of nitrogens with two attached hydrogens (primary N) is 1. The highest BCUT2D eigenvalue weighted by Gasteiger charge is 2.08. The molecule has 0 aliphatic rings. The van der Waals surface area contributed by atoms with Crippen LogP contribution in [-0.2, 0) is 0 Å². The van der Waals surface area contributed by atoms with Gasteiger partial charge in [0, 0.05) is 16.9 Å². The number of fused-ring (bicyclic) bond motifs is 1. The molecule has 0 radical (unpaired) electrons. The third-order valence-electron chi connectivity index (χ3n) is 3.39. The van der Waals surface area contributed by atoms with Crippen molar-refractivity contribution in [3.63, 3.8) is 0 Å². The summed E-state index contributed by atoms with van der Waals surface area (Å²) in [4.78, 5) is 19.7. The number of nitrogens with zero attached hydrogens (tertiary/aromatic N) is 1. The number of nitrogen functional groups attached to an aromatic ring is 1. The lowest BCUT2D eigenvalue weighted by Crippen LogP contribution is -2.12. The summed E-state index contributed by atoms with van der Waals surface area (Å²) in [6.07, 6.45) is 0. The Balaban J connectivity index is 1.86. The fourth-order valence-electron chi connectivity index (χ4n) is 2.24. The molecular formula is C16H16N4O. The summed E-state index contributed by atoms with van der Waals surface area (Å²) in [5.74, 6) is 0.691. The number of aromatic nitrogens is 2. The van der Waals surface area contributed by atoms with Crippen LogP contribution in [0.3, 0.4) is 0 Å². The van der Waals surface area contributed by atoms with Crippen LogP contribution in [0.2, 0.25) is 0 Å². The van der Waals surface area contributed by atoms with E-state index in [9.17, 15) is 4.79 Å². The SMILES string of the molecule is Cc1nc2ccc(NC(=O)c3ccc(N)c(C)c3)cc2[nH]1. The molecule has 0 atom stereocenters. The molecule has 106 valence electrons. The average Bonchev–Trinajstić information content (AvgIpc) is 2.81. The number of imidazole rings is 1. The number of hydrogen-bond acceptors (Lipinski definition) is 3. The maximum atomic E-state index is 12.2. The van der Waals surface area contributed by atoms with Gasteiger partial charge in [0.25, 0.3) is 5.91 Å². The van der Waals surface area contributed by atoms with Crippen LogP contribution in [0.5, 0.6) is 0 Å². The Labute approximate surface area is 122 Å². The Bertz CT molecular complexity index is 835. The van der Waals surface area contributed by atoms with Gasteiger partial charge >= 0.3 is 0 Å². The molecule has 21 heavy (non-hydrogen) atoms. The standard InChI is InChI=1S/C16H16N4O/c1-9-7-11(3-5-13(9)17)16(21)20-12-4-6-14-15(8-12)19-10(2)18-14/h3-8H,17H2,1-2H3,(H,18,19)(H,20,21). The minimum atomic E-state index is -0.159. The van der Waals surface area contributed by atoms with Crippen LogP contribution < -0.4 is 11.1 Å². The Morgan fingerprint density at radius 1 is 1.19 bits per heavy atom. The van der Waals surface area contributed by atoms with E-state index in [1.54, 1.807) is 18.2 Å². The molecule has 1 heterocycles. The predicted octanol–water partition coefficient (Wildman–Crippen LogP) is 3.01. The number of carbonyl (C=O) groups excluding carboxylic acids is 1. The number of rotatable bonds is 2. The monoisotopic (exact) mass is 280 g/mol. The number of aromatic amines is 1. The van der Waals surface area contributed by atoms with Gasteiger partial charge in [-0.25, -0.2) is 4.98 Å². The summed E-state index contributed by atoms with van der Waals surface area (Å²) in [5, 5.41) is 2.88. The number of amides is 1. The molecule has 0 unspecified atom stereocenters. The maximum absolute atomic E-state index is 12.2. The highest BCUT2D eigenvalue weighted by molar-refractivity contribution is 6.05. The maximum Gasteiger partial charge on any atom is 0.255 e. The van der Waals surface area contributed by atoms with Crippen molar-refractivity contribution in [2.24, 2.45) is 0 Å². The van der Waals surface area contributed by atoms with Crippen LogP contribution in [-0.4, -0.2) is 15.9 Å². The fourth-order valence-corrected chi connectivity index (χ4v) is 2.24. The van der Waals surface area contributed by atoms with Gasteiger partial charge in [-0.3, -0.25) is 4.79 Å². The third-order valence-corrected chi connectivity index (χ3v) is 3.39. The molecule has 2 aromatic carbocycles. The lowest BCUT2D eigenvalue weighted by molar-refractivity contribution is 0.102. The van der Waals surface area contributed by atoms with E-state index in [-0.39, 0.29) is 5.91 Å². The number of aryl methyl sites for hydroxylation is 2. The molecule has 4 N–H and O–H groups in total. The highest BCUT2D eigenvalue weighted by Crippen LogP contribution is 2.19. The quantitative estimate of drug-likeness (QED) is 0.631. The van der Waals surface area contributed by atoms with Crippen LogP contribution in [0.4, 0.5) is 11.4 Å². The van der Waals surface area contributed by atoms with E-state index in [0.717, 1.165) is 28.1 Å². The molecule has 5 heteroatoms. The van der Waals surface area contributed by atoms with Crippen molar-refractivity contribution in [3.8, 4) is 0 Å². The first-order valence-electron chi connectivity index (χ1n) is 6.67. The van der Waals surface area contributed by atoms with E-state index in [1.165, 1.54) is 0 Å². The molecular weight excluding hydrogens is 264 g/mol. The second kappa shape index (κ2) is 4.94. The zero-order chi connectivity index (χ0) is 15.0. The summed E-state index contributed by atoms with van der Waals surface area (Å²) in [6.45, 7) is 3.78. The van der Waals surface area contributed by atoms with Gasteiger partial charge in [0.15, 0.2) is 0 Å². The number of hydrogen-bond donors (Lipinski definition) is 3. The summed E-state index contributed by atoms with van der Waals surface area (Å²) in [7, 11) is 0. The molecule has 3 aromatic rings. The van der Waals surface area contributed by atoms with Gasteiger partial charge in [0.2, 0.25) is 0 Å². The Morgan fingerprint density at radius 3 is 2.76 bits per heavy atom. The van der Waals surface area contributed by atoms with E-state index in [2.05, 4.69) is 15.3 Å². The van der Waals surface area contributed by atoms with Gasteiger partial charge < -0.3 is 16.0 Å². The van der Waals surface area contributed by atoms with Crippen molar-refractivity contribution in [3.05, 3.63) is 53.3 Å². The molecule has 0 fully saturated rings. The van der Waals surface area contributed by atoms with Crippen LogP contribution in [0.1, 0.15) is 21.7 Å². The van der Waals surface area contributed by atoms with Gasteiger partial charge in [-0.15, -0.1) is 0 Å². The molecule has 5 nitrogen and oxygen atoms in total. The van der Waals surface area contributed by atoms with Crippen molar-refractivity contribution >= 4 is 28.3 Å². The fraction of sp³-hybridized carbons (Fsp3) is 0.125. The Morgan fingerprint density at radius 2 is 2.00 bits per heavy atom. The summed E-state index contributed by atoms with van der Waals surface area (Å²) < 4.78 is 0. The topological polar surface area (TPSA) is 83.8 Å². The van der Waals surface area contributed by atoms with E-state index in [1.807, 2.05) is 32.0 Å². The smallest absolute Gasteiger partial charge is 0.255 e. The second-order valence-corrected chi connectivity index (χ2v) is 5.08. The Hall–Kier alpha value is -2.82. The third kappa shape index (κ3) is 2.58. The normalized spacial score (nSPS) is 10.8. The van der Waals surface area contributed by atoms with Gasteiger partial charge in [-0.05, 0) is 55.8 Å². The van der Waals surface area contributed by atoms with Gasteiger partial charge in [-0.1, -0.05) is 0 Å². The average molecular weight is 280 g/mol. The summed E-state index contributed by atoms with van der Waals surface area (Å²) >= 11 is 0. The van der Waals surface area contributed by atoms with Crippen LogP contribution in [0, 0.1) is 13.8 Å². The van der Waals surface area contributed by atoms with E-state index in [0.29, 0.717) is 11.3 Å². The second-order valence-electron chi connectivity index (χ2n) is 5.08. The molecule has 0 aliphatic heterocycles. The van der Waals surface area contributed by atoms with E-state index < -0.39 is 0 Å². The highest BCUT2D eigenvalue weighted by atomic mass is 16.1. The number of H-pyrrole nitrogens is 1. The predicted molar refractivity (Wildman–Crippen MR) is 84.4 cm³/mol. The summed E-state index contributed by atoms with van der Waals surface area (Å²) in [5.41, 5.74) is 10.4. The van der Waals surface area contributed by atoms with Crippen LogP contribution in [0.15, 0.2) is 36.4 Å². The lowest BCUT2D eigenvalue weighted by Gasteiger charge is -2.07. The number of carbonyl (C=O) groups is 1. The molecule has 0 spiro atoms. The first-order chi connectivity index (χ1) is 10.0. The summed E-state index contributed by atoms with van der Waals surface area (Å²) in [6, 6.07) is 10.8. The van der Waals surface area contributed by atoms with Crippen LogP contribution in [0.25, 0.3) is 11.0 Å². The van der Waals surface area contributed by atoms with Crippen molar-refractivity contribution in [1.29, 1.82) is 0 Å². The minimum absolute atomic E-state index is 0.159. The van der Waals surface area contributed by atoms with Gasteiger partial charge in [-0.2, -0.15) is 0 Å². The lowest BCUT2D eigenvalue weighted by atomic mass is 10.1.